The third kappa shape index (κ3) is 3.13. The van der Waals surface area contributed by atoms with Crippen LogP contribution in [0.1, 0.15) is 12.5 Å². The average molecular weight is 336 g/mol. The molecule has 1 amide bonds. The van der Waals surface area contributed by atoms with Crippen molar-refractivity contribution >= 4 is 22.6 Å². The van der Waals surface area contributed by atoms with Gasteiger partial charge >= 0.3 is 5.63 Å². The first kappa shape index (κ1) is 16.8. The zero-order valence-electron chi connectivity index (χ0n) is 14.4. The zero-order chi connectivity index (χ0) is 18.1. The number of hydrogen-bond acceptors (Lipinski definition) is 4. The Labute approximate surface area is 145 Å². The summed E-state index contributed by atoms with van der Waals surface area (Å²) in [6, 6.07) is 14.5. The van der Waals surface area contributed by atoms with Crippen molar-refractivity contribution in [1.82, 2.24) is 0 Å². The van der Waals surface area contributed by atoms with Gasteiger partial charge in [-0.25, -0.2) is 4.79 Å². The van der Waals surface area contributed by atoms with E-state index in [2.05, 4.69) is 0 Å². The molecule has 0 radical (unpaired) electrons. The third-order valence-corrected chi connectivity index (χ3v) is 4.56. The maximum Gasteiger partial charge on any atom is 0.336 e. The van der Waals surface area contributed by atoms with E-state index in [-0.39, 0.29) is 0 Å². The van der Waals surface area contributed by atoms with Crippen LogP contribution in [0.4, 0.5) is 5.69 Å². The van der Waals surface area contributed by atoms with Gasteiger partial charge in [0.2, 0.25) is 5.91 Å². The van der Waals surface area contributed by atoms with Crippen molar-refractivity contribution in [3.8, 4) is 11.1 Å². The number of primary amides is 1. The second kappa shape index (κ2) is 6.43. The van der Waals surface area contributed by atoms with Crippen LogP contribution in [0.25, 0.3) is 22.1 Å². The van der Waals surface area contributed by atoms with Gasteiger partial charge in [0, 0.05) is 35.8 Å². The Kier molecular flexibility index (Phi) is 4.31. The van der Waals surface area contributed by atoms with E-state index >= 15 is 0 Å². The molecule has 5 nitrogen and oxygen atoms in total. The summed E-state index contributed by atoms with van der Waals surface area (Å²) in [4.78, 5) is 25.2. The third-order valence-electron chi connectivity index (χ3n) is 4.56. The Morgan fingerprint density at radius 2 is 1.84 bits per heavy atom. The molecule has 1 aromatic heterocycles. The number of nitrogens with two attached hydrogens (primary N) is 1. The van der Waals surface area contributed by atoms with E-state index < -0.39 is 17.6 Å². The molecule has 0 aliphatic heterocycles. The van der Waals surface area contributed by atoms with E-state index in [0.717, 1.165) is 27.8 Å². The fourth-order valence-corrected chi connectivity index (χ4v) is 2.88. The number of carbonyl (C=O) groups excluding carboxylic acids is 1. The van der Waals surface area contributed by atoms with Crippen molar-refractivity contribution in [2.24, 2.45) is 5.73 Å². The normalized spacial score (nSPS) is 12.1. The van der Waals surface area contributed by atoms with Gasteiger partial charge in [-0.1, -0.05) is 24.3 Å². The van der Waals surface area contributed by atoms with Crippen molar-refractivity contribution in [3.63, 3.8) is 0 Å². The van der Waals surface area contributed by atoms with Crippen LogP contribution in [0.5, 0.6) is 0 Å². The number of nitrogens with zero attached hydrogens (tertiary/aromatic N) is 1. The summed E-state index contributed by atoms with van der Waals surface area (Å²) in [6.07, 6.45) is 0. The Balaban J connectivity index is 2.18. The zero-order valence-corrected chi connectivity index (χ0v) is 14.4. The first-order valence-electron chi connectivity index (χ1n) is 8.04. The monoisotopic (exact) mass is 336 g/mol. The second-order valence-electron chi connectivity index (χ2n) is 6.16. The average Bonchev–Trinajstić information content (AvgIpc) is 2.59. The number of aryl methyl sites for hydroxylation is 1. The molecule has 2 aromatic carbocycles. The van der Waals surface area contributed by atoms with Gasteiger partial charge in [0.15, 0.2) is 0 Å². The molecule has 5 heteroatoms. The molecule has 0 saturated heterocycles. The van der Waals surface area contributed by atoms with Gasteiger partial charge in [-0.05, 0) is 37.1 Å². The molecule has 0 saturated carbocycles. The Morgan fingerprint density at radius 1 is 1.12 bits per heavy atom. The topological polar surface area (TPSA) is 76.5 Å². The number of fused-ring (bicyclic) bond motifs is 1. The van der Waals surface area contributed by atoms with Crippen LogP contribution in [0, 0.1) is 6.92 Å². The minimum Gasteiger partial charge on any atom is -0.423 e. The number of likely N-dealkylation sites (N-methyl/N-ethyl adjacent to an activating group) is 1. The lowest BCUT2D eigenvalue weighted by Gasteiger charge is -2.24. The van der Waals surface area contributed by atoms with Crippen LogP contribution in [-0.4, -0.2) is 19.0 Å². The molecule has 0 bridgehead atoms. The molecular weight excluding hydrogens is 316 g/mol. The summed E-state index contributed by atoms with van der Waals surface area (Å²) >= 11 is 0. The van der Waals surface area contributed by atoms with Crippen molar-refractivity contribution in [1.29, 1.82) is 0 Å². The standard InChI is InChI=1S/C20H20N2O3/c1-12-6-4-5-7-15(12)17-11-19(23)25-18-10-14(8-9-16(17)18)22(3)13(2)20(21)24/h4-11,13H,1-3H3,(H2,21,24). The first-order chi connectivity index (χ1) is 11.9. The highest BCUT2D eigenvalue weighted by Gasteiger charge is 2.17. The summed E-state index contributed by atoms with van der Waals surface area (Å²) in [5, 5.41) is 0.845. The molecule has 128 valence electrons. The molecule has 1 atom stereocenters. The van der Waals surface area contributed by atoms with Gasteiger partial charge in [0.25, 0.3) is 0 Å². The highest BCUT2D eigenvalue weighted by Crippen LogP contribution is 2.31. The number of hydrogen-bond donors (Lipinski definition) is 1. The van der Waals surface area contributed by atoms with Crippen molar-refractivity contribution in [2.75, 3.05) is 11.9 Å². The fraction of sp³-hybridized carbons (Fsp3) is 0.200. The van der Waals surface area contributed by atoms with Crippen LogP contribution in [0.2, 0.25) is 0 Å². The highest BCUT2D eigenvalue weighted by atomic mass is 16.4. The van der Waals surface area contributed by atoms with Gasteiger partial charge < -0.3 is 15.1 Å². The van der Waals surface area contributed by atoms with Crippen LogP contribution >= 0.6 is 0 Å². The van der Waals surface area contributed by atoms with E-state index in [1.165, 1.54) is 6.07 Å². The van der Waals surface area contributed by atoms with Crippen LogP contribution in [-0.2, 0) is 4.79 Å². The minimum atomic E-state index is -0.469. The first-order valence-corrected chi connectivity index (χ1v) is 8.04. The number of benzene rings is 2. The van der Waals surface area contributed by atoms with E-state index in [4.69, 9.17) is 10.2 Å². The number of amides is 1. The molecular formula is C20H20N2O3. The smallest absolute Gasteiger partial charge is 0.336 e. The predicted octanol–water partition coefficient (Wildman–Crippen LogP) is 3.08. The predicted molar refractivity (Wildman–Crippen MR) is 99.7 cm³/mol. The molecule has 3 aromatic rings. The van der Waals surface area contributed by atoms with E-state index in [1.54, 1.807) is 24.9 Å². The number of carbonyl (C=O) groups is 1. The SMILES string of the molecule is Cc1ccccc1-c1cc(=O)oc2cc(N(C)C(C)C(N)=O)ccc12. The van der Waals surface area contributed by atoms with Gasteiger partial charge in [-0.15, -0.1) is 0 Å². The van der Waals surface area contributed by atoms with Gasteiger partial charge in [-0.2, -0.15) is 0 Å². The summed E-state index contributed by atoms with van der Waals surface area (Å²) in [5.41, 5.74) is 9.11. The molecule has 25 heavy (non-hydrogen) atoms. The van der Waals surface area contributed by atoms with E-state index in [0.29, 0.717) is 5.58 Å². The summed E-state index contributed by atoms with van der Waals surface area (Å²) in [5.74, 6) is -0.419. The van der Waals surface area contributed by atoms with Crippen LogP contribution in [0.15, 0.2) is 57.7 Å². The molecule has 0 spiro atoms. The number of anilines is 1. The van der Waals surface area contributed by atoms with Gasteiger partial charge in [0.1, 0.15) is 11.6 Å². The quantitative estimate of drug-likeness (QED) is 0.743. The lowest BCUT2D eigenvalue weighted by atomic mass is 9.98. The van der Waals surface area contributed by atoms with Gasteiger partial charge in [-0.3, -0.25) is 4.79 Å². The van der Waals surface area contributed by atoms with Crippen molar-refractivity contribution in [3.05, 3.63) is 64.5 Å². The van der Waals surface area contributed by atoms with Crippen LogP contribution < -0.4 is 16.3 Å². The number of rotatable bonds is 4. The molecule has 2 N–H and O–H groups in total. The fourth-order valence-electron chi connectivity index (χ4n) is 2.88. The summed E-state index contributed by atoms with van der Waals surface area (Å²) < 4.78 is 5.40. The Bertz CT molecular complexity index is 1010. The maximum atomic E-state index is 12.1. The minimum absolute atomic E-state index is 0.409. The Morgan fingerprint density at radius 3 is 2.52 bits per heavy atom. The molecule has 1 heterocycles. The molecule has 1 unspecified atom stereocenters. The summed E-state index contributed by atoms with van der Waals surface area (Å²) in [6.45, 7) is 3.74. The summed E-state index contributed by atoms with van der Waals surface area (Å²) in [7, 11) is 1.78. The van der Waals surface area contributed by atoms with Crippen molar-refractivity contribution < 1.29 is 9.21 Å². The molecule has 0 fully saturated rings. The molecule has 0 aliphatic carbocycles. The highest BCUT2D eigenvalue weighted by molar-refractivity contribution is 5.95. The second-order valence-corrected chi connectivity index (χ2v) is 6.16. The largest absolute Gasteiger partial charge is 0.423 e. The lowest BCUT2D eigenvalue weighted by Crippen LogP contribution is -2.40. The molecule has 3 rings (SSSR count). The van der Waals surface area contributed by atoms with Gasteiger partial charge in [0.05, 0.1) is 0 Å². The maximum absolute atomic E-state index is 12.1. The van der Waals surface area contributed by atoms with E-state index in [9.17, 15) is 9.59 Å². The van der Waals surface area contributed by atoms with Crippen molar-refractivity contribution in [2.45, 2.75) is 19.9 Å². The van der Waals surface area contributed by atoms with Crippen LogP contribution in [0.3, 0.4) is 0 Å². The molecule has 0 aliphatic rings. The lowest BCUT2D eigenvalue weighted by molar-refractivity contribution is -0.118. The Hall–Kier alpha value is -3.08. The van der Waals surface area contributed by atoms with E-state index in [1.807, 2.05) is 43.3 Å².